The van der Waals surface area contributed by atoms with E-state index < -0.39 is 0 Å². The number of oxime groups is 1. The lowest BCUT2D eigenvalue weighted by Gasteiger charge is -2.23. The molecule has 3 N–H and O–H groups in total. The van der Waals surface area contributed by atoms with Gasteiger partial charge >= 0.3 is 0 Å². The van der Waals surface area contributed by atoms with E-state index in [-0.39, 0.29) is 28.3 Å². The third-order valence-electron chi connectivity index (χ3n) is 5.94. The van der Waals surface area contributed by atoms with Crippen molar-refractivity contribution < 1.29 is 9.57 Å². The zero-order valence-corrected chi connectivity index (χ0v) is 17.6. The van der Waals surface area contributed by atoms with Crippen LogP contribution in [0.3, 0.4) is 0 Å². The van der Waals surface area contributed by atoms with E-state index in [9.17, 15) is 9.59 Å². The zero-order valence-electron chi connectivity index (χ0n) is 16.8. The number of benzene rings is 1. The first-order valence-corrected chi connectivity index (χ1v) is 10.7. The number of anilines is 1. The van der Waals surface area contributed by atoms with Crippen molar-refractivity contribution in [3.8, 4) is 5.75 Å². The highest BCUT2D eigenvalue weighted by Gasteiger charge is 2.34. The van der Waals surface area contributed by atoms with Crippen molar-refractivity contribution in [2.45, 2.75) is 18.9 Å². The van der Waals surface area contributed by atoms with Gasteiger partial charge in [0.2, 0.25) is 5.43 Å². The van der Waals surface area contributed by atoms with Crippen LogP contribution in [0.4, 0.5) is 5.69 Å². The summed E-state index contributed by atoms with van der Waals surface area (Å²) in [5, 5.41) is 4.87. The number of fused-ring (bicyclic) bond motifs is 2. The maximum absolute atomic E-state index is 13.2. The molecule has 1 unspecified atom stereocenters. The smallest absolute Gasteiger partial charge is 0.271 e. The van der Waals surface area contributed by atoms with Crippen molar-refractivity contribution in [2.24, 2.45) is 16.8 Å². The molecule has 10 heteroatoms. The molecule has 1 aliphatic carbocycles. The molecule has 1 atom stereocenters. The topological polar surface area (TPSA) is 115 Å². The number of aromatic amines is 1. The molecule has 2 fully saturated rings. The maximum atomic E-state index is 13.2. The van der Waals surface area contributed by atoms with Gasteiger partial charge in [0.15, 0.2) is 5.75 Å². The molecule has 1 saturated heterocycles. The minimum Gasteiger partial charge on any atom is -0.492 e. The van der Waals surface area contributed by atoms with Gasteiger partial charge in [-0.2, -0.15) is 0 Å². The number of ether oxygens (including phenoxy) is 1. The minimum absolute atomic E-state index is 0.0911. The van der Waals surface area contributed by atoms with Gasteiger partial charge in [0, 0.05) is 25.0 Å². The number of hydrogen-bond acceptors (Lipinski definition) is 8. The third-order valence-corrected chi connectivity index (χ3v) is 6.82. The largest absolute Gasteiger partial charge is 0.492 e. The number of rotatable bonds is 5. The molecular weight excluding hydrogens is 406 g/mol. The zero-order chi connectivity index (χ0) is 21.0. The Morgan fingerprint density at radius 1 is 1.30 bits per heavy atom. The molecule has 3 heterocycles. The Labute approximate surface area is 175 Å². The van der Waals surface area contributed by atoms with Crippen LogP contribution in [0.25, 0.3) is 21.1 Å². The molecule has 3 aromatic rings. The van der Waals surface area contributed by atoms with Crippen LogP contribution in [0.1, 0.15) is 18.9 Å². The molecule has 2 aliphatic rings. The van der Waals surface area contributed by atoms with Crippen molar-refractivity contribution in [3.05, 3.63) is 32.7 Å². The fraction of sp³-hybridized carbons (Fsp3) is 0.450. The number of H-pyrrole nitrogens is 1. The van der Waals surface area contributed by atoms with E-state index in [4.69, 9.17) is 15.3 Å². The van der Waals surface area contributed by atoms with E-state index in [1.165, 1.54) is 18.6 Å². The molecule has 9 nitrogen and oxygen atoms in total. The SMILES string of the molecule is CON=C1CN(c2ccc3c(=O)c4c(=O)[nH]sc4n(C4CC4)c3c2OC)CC1CN. The number of pyridine rings is 1. The van der Waals surface area contributed by atoms with E-state index in [0.717, 1.165) is 29.8 Å². The van der Waals surface area contributed by atoms with Gasteiger partial charge in [-0.05, 0) is 36.5 Å². The second-order valence-corrected chi connectivity index (χ2v) is 8.53. The summed E-state index contributed by atoms with van der Waals surface area (Å²) in [7, 11) is 3.14. The summed E-state index contributed by atoms with van der Waals surface area (Å²) in [5.41, 5.74) is 7.86. The lowest BCUT2D eigenvalue weighted by Crippen LogP contribution is -2.24. The third kappa shape index (κ3) is 2.74. The molecule has 2 aromatic heterocycles. The van der Waals surface area contributed by atoms with Crippen LogP contribution in [-0.4, -0.2) is 48.5 Å². The number of hydrogen-bond donors (Lipinski definition) is 2. The Morgan fingerprint density at radius 3 is 2.77 bits per heavy atom. The van der Waals surface area contributed by atoms with E-state index in [0.29, 0.717) is 35.6 Å². The first kappa shape index (κ1) is 19.1. The van der Waals surface area contributed by atoms with E-state index in [1.54, 1.807) is 13.2 Å². The lowest BCUT2D eigenvalue weighted by atomic mass is 10.1. The Balaban J connectivity index is 1.78. The van der Waals surface area contributed by atoms with Gasteiger partial charge in [-0.15, -0.1) is 0 Å². The van der Waals surface area contributed by atoms with Gasteiger partial charge in [0.05, 0.1) is 36.0 Å². The standard InChI is InChI=1S/C20H23N5O4S/c1-28-18-14(24-8-10(7-21)13(9-24)22-29-2)6-5-12-16(18)25(11-3-4-11)20-15(17(12)26)19(27)23-30-20/h5-6,10-11H,3-4,7-9,21H2,1-2H3,(H,23,27). The second-order valence-electron chi connectivity index (χ2n) is 7.74. The Kier molecular flexibility index (Phi) is 4.55. The van der Waals surface area contributed by atoms with Crippen LogP contribution in [0.2, 0.25) is 0 Å². The molecule has 5 rings (SSSR count). The molecular formula is C20H23N5O4S. The maximum Gasteiger partial charge on any atom is 0.271 e. The van der Waals surface area contributed by atoms with Gasteiger partial charge in [0.1, 0.15) is 17.3 Å². The first-order chi connectivity index (χ1) is 14.6. The molecule has 30 heavy (non-hydrogen) atoms. The molecule has 1 saturated carbocycles. The summed E-state index contributed by atoms with van der Waals surface area (Å²) < 4.78 is 10.7. The average molecular weight is 430 g/mol. The lowest BCUT2D eigenvalue weighted by molar-refractivity contribution is 0.211. The first-order valence-electron chi connectivity index (χ1n) is 9.90. The van der Waals surface area contributed by atoms with Crippen LogP contribution < -0.4 is 26.4 Å². The van der Waals surface area contributed by atoms with Crippen molar-refractivity contribution in [1.82, 2.24) is 8.94 Å². The normalized spacial score (nSPS) is 20.6. The highest BCUT2D eigenvalue weighted by atomic mass is 32.1. The van der Waals surface area contributed by atoms with Gasteiger partial charge < -0.3 is 24.8 Å². The Hall–Kier alpha value is -2.85. The summed E-state index contributed by atoms with van der Waals surface area (Å²) in [4.78, 5) is 33.3. The van der Waals surface area contributed by atoms with E-state index in [1.807, 2.05) is 6.07 Å². The highest BCUT2D eigenvalue weighted by Crippen LogP contribution is 2.45. The average Bonchev–Trinajstić information content (AvgIpc) is 3.39. The van der Waals surface area contributed by atoms with Crippen LogP contribution in [0.5, 0.6) is 5.75 Å². The summed E-state index contributed by atoms with van der Waals surface area (Å²) in [5.74, 6) is 0.724. The molecule has 1 aliphatic heterocycles. The second kappa shape index (κ2) is 7.13. The van der Waals surface area contributed by atoms with E-state index >= 15 is 0 Å². The van der Waals surface area contributed by atoms with Gasteiger partial charge in [0.25, 0.3) is 5.56 Å². The summed E-state index contributed by atoms with van der Waals surface area (Å²) in [6, 6.07) is 3.94. The fourth-order valence-corrected chi connectivity index (χ4v) is 5.31. The Morgan fingerprint density at radius 2 is 2.10 bits per heavy atom. The predicted molar refractivity (Wildman–Crippen MR) is 118 cm³/mol. The molecule has 0 spiro atoms. The Bertz CT molecular complexity index is 1290. The molecule has 1 aromatic carbocycles. The highest BCUT2D eigenvalue weighted by molar-refractivity contribution is 7.12. The quantitative estimate of drug-likeness (QED) is 0.596. The summed E-state index contributed by atoms with van der Waals surface area (Å²) >= 11 is 1.21. The van der Waals surface area contributed by atoms with Crippen molar-refractivity contribution in [3.63, 3.8) is 0 Å². The molecule has 158 valence electrons. The summed E-state index contributed by atoms with van der Waals surface area (Å²) in [6.07, 6.45) is 2.02. The van der Waals surface area contributed by atoms with Gasteiger partial charge in [-0.25, -0.2) is 0 Å². The van der Waals surface area contributed by atoms with Crippen LogP contribution in [-0.2, 0) is 4.84 Å². The van der Waals surface area contributed by atoms with E-state index in [2.05, 4.69) is 19.0 Å². The number of methoxy groups -OCH3 is 1. The molecule has 0 radical (unpaired) electrons. The van der Waals surface area contributed by atoms with Crippen LogP contribution in [0, 0.1) is 5.92 Å². The monoisotopic (exact) mass is 429 g/mol. The minimum atomic E-state index is -0.329. The number of nitrogens with two attached hydrogens (primary N) is 1. The van der Waals surface area contributed by atoms with Gasteiger partial charge in [-0.3, -0.25) is 14.0 Å². The number of aromatic nitrogens is 2. The van der Waals surface area contributed by atoms with Crippen molar-refractivity contribution in [2.75, 3.05) is 38.8 Å². The fourth-order valence-electron chi connectivity index (χ4n) is 4.39. The predicted octanol–water partition coefficient (Wildman–Crippen LogP) is 1.65. The van der Waals surface area contributed by atoms with Crippen molar-refractivity contribution >= 4 is 44.1 Å². The molecule has 0 amide bonds. The number of nitrogens with zero attached hydrogens (tertiary/aromatic N) is 3. The van der Waals surface area contributed by atoms with Gasteiger partial charge in [-0.1, -0.05) is 5.16 Å². The molecule has 0 bridgehead atoms. The van der Waals surface area contributed by atoms with Crippen LogP contribution in [0.15, 0.2) is 26.9 Å². The van der Waals surface area contributed by atoms with Crippen molar-refractivity contribution in [1.29, 1.82) is 0 Å². The number of nitrogens with one attached hydrogen (secondary N) is 1. The summed E-state index contributed by atoms with van der Waals surface area (Å²) in [6.45, 7) is 1.73. The van der Waals surface area contributed by atoms with Crippen LogP contribution >= 0.6 is 11.5 Å².